The Kier molecular flexibility index (Phi) is 6.45. The first kappa shape index (κ1) is 25.3. The molecule has 0 amide bonds. The van der Waals surface area contributed by atoms with Crippen molar-refractivity contribution in [1.29, 1.82) is 0 Å². The molecular formula is C29H34F2N4O3. The van der Waals surface area contributed by atoms with Gasteiger partial charge in [-0.25, -0.2) is 13.8 Å². The van der Waals surface area contributed by atoms with Gasteiger partial charge in [0, 0.05) is 60.5 Å². The Morgan fingerprint density at radius 1 is 1.03 bits per heavy atom. The molecule has 38 heavy (non-hydrogen) atoms. The minimum Gasteiger partial charge on any atom is -0.373 e. The molecule has 3 fully saturated rings. The molecular weight excluding hydrogens is 490 g/mol. The maximum atomic E-state index is 14.0. The molecule has 2 saturated carbocycles. The molecule has 0 bridgehead atoms. The number of aryl methyl sites for hydroxylation is 1. The minimum absolute atomic E-state index is 0.0160. The predicted octanol–water partition coefficient (Wildman–Crippen LogP) is 5.52. The summed E-state index contributed by atoms with van der Waals surface area (Å²) >= 11 is 0. The molecule has 2 atom stereocenters. The van der Waals surface area contributed by atoms with E-state index in [2.05, 4.69) is 0 Å². The number of hydrogen-bond donors (Lipinski definition) is 0. The second-order valence-electron chi connectivity index (χ2n) is 11.4. The monoisotopic (exact) mass is 524 g/mol. The third kappa shape index (κ3) is 4.59. The molecule has 3 aliphatic rings. The smallest absolute Gasteiger partial charge is 0.277 e. The number of ether oxygens (including phenoxy) is 1. The summed E-state index contributed by atoms with van der Waals surface area (Å²) in [6, 6.07) is 5.75. The Morgan fingerprint density at radius 2 is 1.79 bits per heavy atom. The van der Waals surface area contributed by atoms with Gasteiger partial charge in [0.2, 0.25) is 5.92 Å². The van der Waals surface area contributed by atoms with Crippen molar-refractivity contribution in [3.05, 3.63) is 73.2 Å². The molecule has 0 N–H and O–H groups in total. The Balaban J connectivity index is 1.37. The number of halogens is 2. The zero-order chi connectivity index (χ0) is 26.6. The van der Waals surface area contributed by atoms with Crippen molar-refractivity contribution in [1.82, 2.24) is 19.2 Å². The summed E-state index contributed by atoms with van der Waals surface area (Å²) in [7, 11) is 0. The van der Waals surface area contributed by atoms with Gasteiger partial charge >= 0.3 is 0 Å². The van der Waals surface area contributed by atoms with Crippen molar-refractivity contribution < 1.29 is 13.5 Å². The fraction of sp³-hybridized carbons (Fsp3) is 0.586. The lowest BCUT2D eigenvalue weighted by molar-refractivity contribution is -0.0382. The second-order valence-corrected chi connectivity index (χ2v) is 11.4. The first-order valence-electron chi connectivity index (χ1n) is 13.8. The van der Waals surface area contributed by atoms with Crippen molar-refractivity contribution in [2.75, 3.05) is 6.61 Å². The quantitative estimate of drug-likeness (QED) is 0.449. The lowest BCUT2D eigenvalue weighted by atomic mass is 9.81. The number of hydrogen-bond acceptors (Lipinski definition) is 5. The van der Waals surface area contributed by atoms with Gasteiger partial charge in [0.15, 0.2) is 5.65 Å². The molecule has 1 aliphatic heterocycles. The second kappa shape index (κ2) is 9.67. The molecule has 3 aromatic heterocycles. The summed E-state index contributed by atoms with van der Waals surface area (Å²) in [5.74, 6) is -2.70. The van der Waals surface area contributed by atoms with Crippen LogP contribution < -0.4 is 11.1 Å². The van der Waals surface area contributed by atoms with Crippen molar-refractivity contribution in [2.45, 2.75) is 102 Å². The summed E-state index contributed by atoms with van der Waals surface area (Å²) in [6.07, 6.45) is 6.74. The number of fused-ring (bicyclic) bond motifs is 1. The van der Waals surface area contributed by atoms with E-state index >= 15 is 0 Å². The van der Waals surface area contributed by atoms with Gasteiger partial charge in [0.25, 0.3) is 11.1 Å². The van der Waals surface area contributed by atoms with Crippen LogP contribution in [0.4, 0.5) is 8.78 Å². The van der Waals surface area contributed by atoms with Crippen LogP contribution >= 0.6 is 0 Å². The van der Waals surface area contributed by atoms with E-state index < -0.39 is 5.92 Å². The van der Waals surface area contributed by atoms with E-state index in [1.807, 2.05) is 22.9 Å². The summed E-state index contributed by atoms with van der Waals surface area (Å²) in [6.45, 7) is 4.08. The van der Waals surface area contributed by atoms with Crippen LogP contribution in [0.1, 0.15) is 110 Å². The van der Waals surface area contributed by atoms with Crippen LogP contribution in [0.3, 0.4) is 0 Å². The number of aromatic nitrogens is 4. The maximum absolute atomic E-state index is 14.0. The molecule has 0 aromatic carbocycles. The van der Waals surface area contributed by atoms with Gasteiger partial charge in [-0.05, 0) is 82.4 Å². The Hall–Kier alpha value is -2.94. The van der Waals surface area contributed by atoms with Crippen LogP contribution in [-0.4, -0.2) is 31.7 Å². The third-order valence-electron chi connectivity index (χ3n) is 8.97. The van der Waals surface area contributed by atoms with Gasteiger partial charge in [-0.2, -0.15) is 9.61 Å². The van der Waals surface area contributed by atoms with Crippen molar-refractivity contribution >= 4 is 5.65 Å². The minimum atomic E-state index is -2.64. The average molecular weight is 525 g/mol. The van der Waals surface area contributed by atoms with Crippen molar-refractivity contribution in [2.24, 2.45) is 0 Å². The van der Waals surface area contributed by atoms with E-state index in [0.717, 1.165) is 42.5 Å². The average Bonchev–Trinajstić information content (AvgIpc) is 2.87. The molecule has 6 rings (SSSR count). The van der Waals surface area contributed by atoms with Crippen LogP contribution in [-0.2, 0) is 4.74 Å². The maximum Gasteiger partial charge on any atom is 0.277 e. The molecule has 3 aromatic rings. The van der Waals surface area contributed by atoms with E-state index in [1.54, 1.807) is 19.9 Å². The number of rotatable bonds is 4. The summed E-state index contributed by atoms with van der Waals surface area (Å²) in [5.41, 5.74) is 4.05. The highest BCUT2D eigenvalue weighted by Gasteiger charge is 2.37. The van der Waals surface area contributed by atoms with Gasteiger partial charge in [0.05, 0.1) is 11.8 Å². The number of pyridine rings is 1. The Bertz CT molecular complexity index is 1480. The highest BCUT2D eigenvalue weighted by molar-refractivity contribution is 5.51. The van der Waals surface area contributed by atoms with E-state index in [0.29, 0.717) is 42.8 Å². The van der Waals surface area contributed by atoms with Crippen molar-refractivity contribution in [3.63, 3.8) is 0 Å². The molecule has 202 valence electrons. The third-order valence-corrected chi connectivity index (χ3v) is 8.97. The molecule has 0 unspecified atom stereocenters. The van der Waals surface area contributed by atoms with Gasteiger partial charge < -0.3 is 9.30 Å². The molecule has 9 heteroatoms. The van der Waals surface area contributed by atoms with Gasteiger partial charge in [-0.15, -0.1) is 0 Å². The van der Waals surface area contributed by atoms with E-state index in [9.17, 15) is 18.4 Å². The molecule has 4 heterocycles. The van der Waals surface area contributed by atoms with Gasteiger partial charge in [-0.3, -0.25) is 9.59 Å². The van der Waals surface area contributed by atoms with E-state index in [4.69, 9.17) is 14.8 Å². The largest absolute Gasteiger partial charge is 0.373 e. The van der Waals surface area contributed by atoms with E-state index in [1.165, 1.54) is 4.52 Å². The zero-order valence-corrected chi connectivity index (χ0v) is 22.0. The summed E-state index contributed by atoms with van der Waals surface area (Å²) < 4.78 is 37.3. The SMILES string of the molecule is Cc1nc2c(C3CCC(F)(F)CC3)cc([C@H]3CCO[C@@H](c4ccc(=O)n(C5CCC5)c4)C3)nn2c(=O)c1C. The summed E-state index contributed by atoms with van der Waals surface area (Å²) in [4.78, 5) is 30.4. The molecule has 2 aliphatic carbocycles. The fourth-order valence-electron chi connectivity index (χ4n) is 6.16. The summed E-state index contributed by atoms with van der Waals surface area (Å²) in [5, 5.41) is 4.78. The zero-order valence-electron chi connectivity index (χ0n) is 22.0. The predicted molar refractivity (Wildman–Crippen MR) is 139 cm³/mol. The number of nitrogens with zero attached hydrogens (tertiary/aromatic N) is 4. The van der Waals surface area contributed by atoms with Gasteiger partial charge in [0.1, 0.15) is 0 Å². The fourth-order valence-corrected chi connectivity index (χ4v) is 6.16. The first-order chi connectivity index (χ1) is 18.2. The van der Waals surface area contributed by atoms with Crippen LogP contribution in [0, 0.1) is 13.8 Å². The van der Waals surface area contributed by atoms with E-state index in [-0.39, 0.29) is 47.9 Å². The molecule has 0 spiro atoms. The topological polar surface area (TPSA) is 78.5 Å². The lowest BCUT2D eigenvalue weighted by Crippen LogP contribution is -2.30. The van der Waals surface area contributed by atoms with Crippen LogP contribution in [0.25, 0.3) is 5.65 Å². The normalized spacial score (nSPS) is 24.4. The standard InChI is InChI=1S/C29H34F2N4O3/c1-17-18(2)32-27-23(19-8-11-29(30,31)12-9-19)15-24(33-35(27)28(17)37)20-10-13-38-25(14-20)21-6-7-26(36)34(16-21)22-4-3-5-22/h6-7,15-16,19-20,22,25H,3-5,8-14H2,1-2H3/t20-,25+/m0/s1. The number of alkyl halides is 2. The highest BCUT2D eigenvalue weighted by atomic mass is 19.3. The Labute approximate surface area is 219 Å². The van der Waals surface area contributed by atoms with Crippen LogP contribution in [0.15, 0.2) is 34.0 Å². The first-order valence-corrected chi connectivity index (χ1v) is 13.8. The Morgan fingerprint density at radius 3 is 2.50 bits per heavy atom. The van der Waals surface area contributed by atoms with Gasteiger partial charge in [-0.1, -0.05) is 0 Å². The van der Waals surface area contributed by atoms with Crippen LogP contribution in [0.2, 0.25) is 0 Å². The van der Waals surface area contributed by atoms with Crippen molar-refractivity contribution in [3.8, 4) is 0 Å². The molecule has 0 radical (unpaired) electrons. The molecule has 1 saturated heterocycles. The lowest BCUT2D eigenvalue weighted by Gasteiger charge is -2.32. The van der Waals surface area contributed by atoms with Crippen LogP contribution in [0.5, 0.6) is 0 Å². The highest BCUT2D eigenvalue weighted by Crippen LogP contribution is 2.43. The molecule has 7 nitrogen and oxygen atoms in total.